The van der Waals surface area contributed by atoms with E-state index in [1.54, 1.807) is 0 Å². The van der Waals surface area contributed by atoms with Crippen molar-refractivity contribution in [1.82, 2.24) is 14.9 Å². The van der Waals surface area contributed by atoms with Crippen LogP contribution >= 0.6 is 0 Å². The van der Waals surface area contributed by atoms with Crippen LogP contribution in [0.5, 0.6) is 0 Å². The zero-order chi connectivity index (χ0) is 12.9. The molecule has 1 aromatic heterocycles. The maximum Gasteiger partial charge on any atom is 0.0945 e. The fourth-order valence-electron chi connectivity index (χ4n) is 2.85. The molecule has 0 spiro atoms. The van der Waals surface area contributed by atoms with Gasteiger partial charge in [0.15, 0.2) is 0 Å². The molecular weight excluding hydrogens is 234 g/mol. The molecule has 3 rings (SSSR count). The summed E-state index contributed by atoms with van der Waals surface area (Å²) in [5.74, 6) is 0. The van der Waals surface area contributed by atoms with E-state index in [-0.39, 0.29) is 0 Å². The van der Waals surface area contributed by atoms with Crippen molar-refractivity contribution in [2.75, 3.05) is 6.54 Å². The van der Waals surface area contributed by atoms with E-state index < -0.39 is 0 Å². The van der Waals surface area contributed by atoms with Crippen LogP contribution in [0.1, 0.15) is 24.0 Å². The highest BCUT2D eigenvalue weighted by atomic mass is 15.0. The van der Waals surface area contributed by atoms with Crippen LogP contribution in [0.4, 0.5) is 0 Å². The summed E-state index contributed by atoms with van der Waals surface area (Å²) >= 11 is 0. The Morgan fingerprint density at radius 2 is 1.95 bits per heavy atom. The summed E-state index contributed by atoms with van der Waals surface area (Å²) in [4.78, 5) is 4.05. The third kappa shape index (κ3) is 3.24. The summed E-state index contributed by atoms with van der Waals surface area (Å²) in [7, 11) is 0. The minimum Gasteiger partial charge on any atom is -0.337 e. The second kappa shape index (κ2) is 6.02. The Kier molecular flexibility index (Phi) is 3.94. The Balaban J connectivity index is 1.34. The van der Waals surface area contributed by atoms with Gasteiger partial charge in [0.1, 0.15) is 0 Å². The van der Waals surface area contributed by atoms with Crippen LogP contribution < -0.4 is 5.32 Å². The maximum absolute atomic E-state index is 4.05. The van der Waals surface area contributed by atoms with Gasteiger partial charge in [0, 0.05) is 25.0 Å². The molecule has 1 N–H and O–H groups in total. The molecule has 1 aliphatic rings. The number of benzene rings is 1. The molecule has 0 amide bonds. The maximum atomic E-state index is 4.05. The van der Waals surface area contributed by atoms with E-state index in [1.165, 1.54) is 36.8 Å². The standard InChI is InChI=1S/C16H21N3/c1-2-6-15-12-16(11-14(15)5-1)18-7-3-4-9-19-10-8-17-13-19/h1-2,5-6,8,10,13,16,18H,3-4,7,9,11-12H2. The molecule has 0 saturated carbocycles. The lowest BCUT2D eigenvalue weighted by Crippen LogP contribution is -2.30. The van der Waals surface area contributed by atoms with Gasteiger partial charge in [-0.2, -0.15) is 0 Å². The Bertz CT molecular complexity index is 479. The number of imidazole rings is 1. The zero-order valence-electron chi connectivity index (χ0n) is 11.3. The van der Waals surface area contributed by atoms with E-state index in [4.69, 9.17) is 0 Å². The first kappa shape index (κ1) is 12.4. The van der Waals surface area contributed by atoms with Crippen molar-refractivity contribution in [2.24, 2.45) is 0 Å². The van der Waals surface area contributed by atoms with Gasteiger partial charge in [0.25, 0.3) is 0 Å². The average molecular weight is 255 g/mol. The van der Waals surface area contributed by atoms with Crippen molar-refractivity contribution in [3.63, 3.8) is 0 Å². The minimum absolute atomic E-state index is 0.644. The number of aryl methyl sites for hydroxylation is 1. The summed E-state index contributed by atoms with van der Waals surface area (Å²) in [6.45, 7) is 2.19. The zero-order valence-corrected chi connectivity index (χ0v) is 11.3. The molecule has 1 aliphatic carbocycles. The third-order valence-electron chi connectivity index (χ3n) is 3.89. The van der Waals surface area contributed by atoms with E-state index in [9.17, 15) is 0 Å². The van der Waals surface area contributed by atoms with Crippen LogP contribution in [0.2, 0.25) is 0 Å². The number of nitrogens with one attached hydrogen (secondary N) is 1. The number of fused-ring (bicyclic) bond motifs is 1. The molecule has 0 fully saturated rings. The lowest BCUT2D eigenvalue weighted by Gasteiger charge is -2.11. The van der Waals surface area contributed by atoms with Gasteiger partial charge in [-0.25, -0.2) is 4.98 Å². The highest BCUT2D eigenvalue weighted by Gasteiger charge is 2.19. The Labute approximate surface area is 114 Å². The lowest BCUT2D eigenvalue weighted by molar-refractivity contribution is 0.500. The van der Waals surface area contributed by atoms with Gasteiger partial charge in [0.2, 0.25) is 0 Å². The van der Waals surface area contributed by atoms with Gasteiger partial charge in [-0.1, -0.05) is 24.3 Å². The lowest BCUT2D eigenvalue weighted by atomic mass is 10.1. The Morgan fingerprint density at radius 3 is 2.63 bits per heavy atom. The van der Waals surface area contributed by atoms with Gasteiger partial charge >= 0.3 is 0 Å². The summed E-state index contributed by atoms with van der Waals surface area (Å²) in [5.41, 5.74) is 3.05. The highest BCUT2D eigenvalue weighted by Crippen LogP contribution is 2.21. The first-order valence-electron chi connectivity index (χ1n) is 7.18. The minimum atomic E-state index is 0.644. The van der Waals surface area contributed by atoms with Crippen molar-refractivity contribution in [1.29, 1.82) is 0 Å². The van der Waals surface area contributed by atoms with Gasteiger partial charge in [-0.3, -0.25) is 0 Å². The molecule has 0 radical (unpaired) electrons. The van der Waals surface area contributed by atoms with Crippen LogP contribution in [-0.2, 0) is 19.4 Å². The van der Waals surface area contributed by atoms with E-state index in [1.807, 2.05) is 18.7 Å². The van der Waals surface area contributed by atoms with E-state index >= 15 is 0 Å². The molecule has 100 valence electrons. The van der Waals surface area contributed by atoms with Gasteiger partial charge in [0.05, 0.1) is 6.33 Å². The van der Waals surface area contributed by atoms with E-state index in [0.717, 1.165) is 13.1 Å². The largest absolute Gasteiger partial charge is 0.337 e. The number of hydrogen-bond donors (Lipinski definition) is 1. The third-order valence-corrected chi connectivity index (χ3v) is 3.89. The fourth-order valence-corrected chi connectivity index (χ4v) is 2.85. The SMILES string of the molecule is c1ccc2c(c1)CC(NCCCCn1ccnc1)C2. The first-order chi connectivity index (χ1) is 9.42. The van der Waals surface area contributed by atoms with Crippen molar-refractivity contribution in [3.05, 3.63) is 54.1 Å². The van der Waals surface area contributed by atoms with Crippen LogP contribution in [-0.4, -0.2) is 22.1 Å². The summed E-state index contributed by atoms with van der Waals surface area (Å²) in [6.07, 6.45) is 10.6. The van der Waals surface area contributed by atoms with E-state index in [0.29, 0.717) is 6.04 Å². The monoisotopic (exact) mass is 255 g/mol. The van der Waals surface area contributed by atoms with Crippen molar-refractivity contribution < 1.29 is 0 Å². The predicted molar refractivity (Wildman–Crippen MR) is 77.1 cm³/mol. The molecule has 1 heterocycles. The van der Waals surface area contributed by atoms with E-state index in [2.05, 4.69) is 39.1 Å². The molecule has 3 heteroatoms. The normalized spacial score (nSPS) is 14.7. The van der Waals surface area contributed by atoms with Crippen LogP contribution in [0.25, 0.3) is 0 Å². The van der Waals surface area contributed by atoms with Crippen LogP contribution in [0.3, 0.4) is 0 Å². The first-order valence-corrected chi connectivity index (χ1v) is 7.18. The molecule has 1 aromatic carbocycles. The number of nitrogens with zero attached hydrogens (tertiary/aromatic N) is 2. The average Bonchev–Trinajstić information content (AvgIpc) is 3.06. The summed E-state index contributed by atoms with van der Waals surface area (Å²) in [6, 6.07) is 9.45. The predicted octanol–water partition coefficient (Wildman–Crippen LogP) is 2.42. The second-order valence-corrected chi connectivity index (χ2v) is 5.34. The van der Waals surface area contributed by atoms with Gasteiger partial charge in [-0.15, -0.1) is 0 Å². The number of unbranched alkanes of at least 4 members (excludes halogenated alkanes) is 1. The highest BCUT2D eigenvalue weighted by molar-refractivity contribution is 5.33. The molecular formula is C16H21N3. The smallest absolute Gasteiger partial charge is 0.0945 e. The van der Waals surface area contributed by atoms with Crippen molar-refractivity contribution in [2.45, 2.75) is 38.3 Å². The van der Waals surface area contributed by atoms with Gasteiger partial charge < -0.3 is 9.88 Å². The fraction of sp³-hybridized carbons (Fsp3) is 0.438. The molecule has 2 aromatic rings. The number of aromatic nitrogens is 2. The Morgan fingerprint density at radius 1 is 1.16 bits per heavy atom. The molecule has 0 bridgehead atoms. The molecule has 0 saturated heterocycles. The second-order valence-electron chi connectivity index (χ2n) is 5.34. The quantitative estimate of drug-likeness (QED) is 0.803. The van der Waals surface area contributed by atoms with Gasteiger partial charge in [-0.05, 0) is 43.4 Å². The number of rotatable bonds is 6. The summed E-state index contributed by atoms with van der Waals surface area (Å²) < 4.78 is 2.14. The van der Waals surface area contributed by atoms with Crippen LogP contribution in [0.15, 0.2) is 43.0 Å². The van der Waals surface area contributed by atoms with Crippen molar-refractivity contribution >= 4 is 0 Å². The Hall–Kier alpha value is -1.61. The molecule has 0 aliphatic heterocycles. The number of hydrogen-bond acceptors (Lipinski definition) is 2. The summed E-state index contributed by atoms with van der Waals surface area (Å²) in [5, 5.41) is 3.68. The van der Waals surface area contributed by atoms with Crippen LogP contribution in [0, 0.1) is 0 Å². The molecule has 0 unspecified atom stereocenters. The molecule has 3 nitrogen and oxygen atoms in total. The molecule has 0 atom stereocenters. The van der Waals surface area contributed by atoms with Crippen molar-refractivity contribution in [3.8, 4) is 0 Å². The topological polar surface area (TPSA) is 29.9 Å². The molecule has 19 heavy (non-hydrogen) atoms.